The number of carboxylic acid groups (broad SMARTS) is 1. The van der Waals surface area contributed by atoms with Gasteiger partial charge in [0.1, 0.15) is 0 Å². The third-order valence-corrected chi connectivity index (χ3v) is 13.7. The van der Waals surface area contributed by atoms with E-state index >= 15 is 0 Å². The van der Waals surface area contributed by atoms with Crippen molar-refractivity contribution in [3.05, 3.63) is 82.5 Å². The number of halogens is 1. The van der Waals surface area contributed by atoms with Gasteiger partial charge < -0.3 is 24.7 Å². The van der Waals surface area contributed by atoms with Crippen LogP contribution in [0.25, 0.3) is 11.1 Å². The lowest BCUT2D eigenvalue weighted by molar-refractivity contribution is -0.143. The van der Waals surface area contributed by atoms with Gasteiger partial charge in [-0.2, -0.15) is 0 Å². The zero-order chi connectivity index (χ0) is 40.7. The van der Waals surface area contributed by atoms with Crippen molar-refractivity contribution >= 4 is 40.9 Å². The van der Waals surface area contributed by atoms with E-state index in [2.05, 4.69) is 15.1 Å². The number of carbonyl (C=O) groups excluding carboxylic acids is 2. The number of rotatable bonds is 10. The Bertz CT molecular complexity index is 2180. The van der Waals surface area contributed by atoms with Gasteiger partial charge >= 0.3 is 11.9 Å². The summed E-state index contributed by atoms with van der Waals surface area (Å²) in [5, 5.41) is 22.4. The van der Waals surface area contributed by atoms with E-state index < -0.39 is 11.9 Å². The molecule has 0 saturated heterocycles. The number of fused-ring (bicyclic) bond motifs is 2. The van der Waals surface area contributed by atoms with Crippen LogP contribution in [-0.2, 0) is 44.8 Å². The molecule has 14 heteroatoms. The van der Waals surface area contributed by atoms with E-state index in [1.54, 1.807) is 6.07 Å². The van der Waals surface area contributed by atoms with Crippen LogP contribution < -0.4 is 9.74 Å². The molecule has 0 radical (unpaired) electrons. The summed E-state index contributed by atoms with van der Waals surface area (Å²) >= 11 is 6.81. The van der Waals surface area contributed by atoms with Gasteiger partial charge in [0.05, 0.1) is 29.1 Å². The second kappa shape index (κ2) is 17.0. The number of nitrogens with one attached hydrogen (secondary N) is 1. The second-order valence-corrected chi connectivity index (χ2v) is 17.2. The molecule has 0 unspecified atom stereocenters. The molecule has 2 aromatic carbocycles. The highest BCUT2D eigenvalue weighted by Crippen LogP contribution is 2.35. The Labute approximate surface area is 345 Å². The van der Waals surface area contributed by atoms with Gasteiger partial charge in [-0.15, -0.1) is 0 Å². The number of aliphatic carboxylic acids is 1. The van der Waals surface area contributed by atoms with Crippen LogP contribution >= 0.6 is 11.8 Å². The van der Waals surface area contributed by atoms with Crippen LogP contribution in [0.15, 0.2) is 42.5 Å². The zero-order valence-corrected chi connectivity index (χ0v) is 34.5. The first-order chi connectivity index (χ1) is 27.9. The summed E-state index contributed by atoms with van der Waals surface area (Å²) in [4.78, 5) is 53.5. The quantitative estimate of drug-likeness (QED) is 0.153. The summed E-state index contributed by atoms with van der Waals surface area (Å²) in [6, 6.07) is 13.7. The number of benzene rings is 2. The van der Waals surface area contributed by atoms with Gasteiger partial charge in [-0.25, -0.2) is 14.4 Å². The van der Waals surface area contributed by atoms with Gasteiger partial charge in [0.15, 0.2) is 5.82 Å². The van der Waals surface area contributed by atoms with Crippen LogP contribution in [0, 0.1) is 18.8 Å². The van der Waals surface area contributed by atoms with Crippen LogP contribution in [0.2, 0.25) is 0 Å². The van der Waals surface area contributed by atoms with Crippen LogP contribution in [-0.4, -0.2) is 88.7 Å². The van der Waals surface area contributed by atoms with Gasteiger partial charge in [0.2, 0.25) is 5.82 Å². The fraction of sp³-hybridized carbons (Fsp3) is 0.523. The minimum absolute atomic E-state index is 0.189. The van der Waals surface area contributed by atoms with Crippen molar-refractivity contribution < 1.29 is 24.6 Å². The van der Waals surface area contributed by atoms with Gasteiger partial charge in [0, 0.05) is 88.0 Å². The lowest BCUT2D eigenvalue weighted by Crippen LogP contribution is -2.42. The first-order valence-electron chi connectivity index (χ1n) is 20.9. The van der Waals surface area contributed by atoms with Crippen LogP contribution in [0.1, 0.15) is 107 Å². The van der Waals surface area contributed by atoms with Crippen LogP contribution in [0.5, 0.6) is 0 Å². The summed E-state index contributed by atoms with van der Waals surface area (Å²) in [5.41, 5.74) is 7.78. The molecule has 308 valence electrons. The number of nitrogens with zero attached hydrogens (tertiary/aromatic N) is 7. The Morgan fingerprint density at radius 1 is 0.862 bits per heavy atom. The lowest BCUT2D eigenvalue weighted by atomic mass is 9.80. The van der Waals surface area contributed by atoms with E-state index in [9.17, 15) is 24.6 Å². The Morgan fingerprint density at radius 2 is 1.53 bits per heavy atom. The number of aromatic nitrogens is 4. The molecule has 13 nitrogen and oxygen atoms in total. The molecule has 3 N–H and O–H groups in total. The molecule has 58 heavy (non-hydrogen) atoms. The molecule has 0 spiro atoms. The minimum atomic E-state index is -0.668. The molecule has 2 aliphatic carbocycles. The smallest absolute Gasteiger partial charge is 0.308 e. The highest BCUT2D eigenvalue weighted by atomic mass is 35.5. The normalized spacial score (nSPS) is 22.6. The largest absolute Gasteiger partial charge is 0.481 e. The van der Waals surface area contributed by atoms with Gasteiger partial charge in [0.25, 0.3) is 5.91 Å². The number of amides is 2. The summed E-state index contributed by atoms with van der Waals surface area (Å²) < 4.78 is 4.92. The van der Waals surface area contributed by atoms with Crippen molar-refractivity contribution in [3.63, 3.8) is 0 Å². The summed E-state index contributed by atoms with van der Waals surface area (Å²) in [6.45, 7) is 6.08. The maximum Gasteiger partial charge on any atom is 0.308 e. The molecule has 2 saturated carbocycles. The van der Waals surface area contributed by atoms with Crippen molar-refractivity contribution in [2.45, 2.75) is 103 Å². The van der Waals surface area contributed by atoms with Crippen molar-refractivity contribution in [1.82, 2.24) is 28.9 Å². The first-order valence-corrected chi connectivity index (χ1v) is 21.3. The summed E-state index contributed by atoms with van der Waals surface area (Å²) in [5.74, 6) is -0.314. The molecular weight excluding hydrogens is 756 g/mol. The first kappa shape index (κ1) is 40.2. The molecule has 0 atom stereocenters. The third-order valence-electron chi connectivity index (χ3n) is 13.4. The molecule has 2 amide bonds. The number of hydrogen-bond acceptors (Lipinski definition) is 8. The molecule has 2 fully saturated rings. The predicted molar refractivity (Wildman–Crippen MR) is 223 cm³/mol. The number of aliphatic hydroxyl groups is 1. The number of hydrogen-bond donors (Lipinski definition) is 3. The Balaban J connectivity index is 0.916. The van der Waals surface area contributed by atoms with E-state index in [4.69, 9.17) is 21.7 Å². The zero-order valence-electron chi connectivity index (χ0n) is 33.8. The van der Waals surface area contributed by atoms with E-state index in [1.807, 2.05) is 66.6 Å². The van der Waals surface area contributed by atoms with Crippen LogP contribution in [0.4, 0.5) is 11.4 Å². The fourth-order valence-corrected chi connectivity index (χ4v) is 9.96. The molecule has 0 bridgehead atoms. The van der Waals surface area contributed by atoms with E-state index in [1.165, 1.54) is 0 Å². The molecule has 8 rings (SSSR count). The monoisotopic (exact) mass is 810 g/mol. The topological polar surface area (TPSA) is 149 Å². The molecule has 4 heterocycles. The fourth-order valence-electron chi connectivity index (χ4n) is 9.78. The number of carbonyl (C=O) groups is 3. The number of aliphatic hydroxyl groups excluding tert-OH is 1. The maximum atomic E-state index is 13.9. The molecule has 2 aromatic heterocycles. The van der Waals surface area contributed by atoms with Crippen molar-refractivity contribution in [1.29, 1.82) is 0 Å². The summed E-state index contributed by atoms with van der Waals surface area (Å²) in [7, 11) is 3.79. The Morgan fingerprint density at radius 3 is 2.28 bits per heavy atom. The van der Waals surface area contributed by atoms with E-state index in [0.717, 1.165) is 134 Å². The van der Waals surface area contributed by atoms with Crippen molar-refractivity contribution in [2.75, 3.05) is 29.4 Å². The van der Waals surface area contributed by atoms with Crippen molar-refractivity contribution in [3.8, 4) is 11.1 Å². The SMILES string of the molecule is Cc1c(NC(=O)c2nc3c(n2C)CCN(C2CCC(O)CC2)C3)cccc1-c1cccc(N(Cl)C(=O)c2nc3c(n2C)CCN(CCC2CCC(C(=O)O)CC2)C3)c1. The molecule has 4 aromatic rings. The lowest BCUT2D eigenvalue weighted by Gasteiger charge is -2.37. The van der Waals surface area contributed by atoms with E-state index in [-0.39, 0.29) is 23.8 Å². The Kier molecular flexibility index (Phi) is 11.8. The number of imidazole rings is 2. The standard InChI is InChI=1S/C44H55ClN8O5/c1-27-34(8-5-9-35(27)48-42(55)40-46-37-26-52(23-20-39(37)49(40)2)31-14-16-33(54)17-15-31)30-6-4-7-32(24-30)53(45)43(56)41-47-36-25-51(22-19-38(36)50(41)3)21-18-28-10-12-29(13-11-28)44(57)58/h4-9,24,28-29,31,33,54H,10-23,25-26H2,1-3H3,(H,48,55)(H,57,58). The second-order valence-electron chi connectivity index (χ2n) is 16.9. The maximum absolute atomic E-state index is 13.9. The highest BCUT2D eigenvalue weighted by molar-refractivity contribution is 6.38. The average molecular weight is 811 g/mol. The number of anilines is 2. The van der Waals surface area contributed by atoms with Gasteiger partial charge in [-0.3, -0.25) is 24.2 Å². The van der Waals surface area contributed by atoms with Crippen LogP contribution in [0.3, 0.4) is 0 Å². The van der Waals surface area contributed by atoms with E-state index in [0.29, 0.717) is 42.2 Å². The van der Waals surface area contributed by atoms with Gasteiger partial charge in [-0.1, -0.05) is 24.3 Å². The minimum Gasteiger partial charge on any atom is -0.481 e. The number of carboxylic acids is 1. The molecule has 4 aliphatic rings. The highest BCUT2D eigenvalue weighted by Gasteiger charge is 2.33. The Hall–Kier alpha value is -4.56. The third kappa shape index (κ3) is 8.19. The molecule has 2 aliphatic heterocycles. The average Bonchev–Trinajstić information content (AvgIpc) is 3.75. The molecular formula is C44H55ClN8O5. The van der Waals surface area contributed by atoms with Crippen molar-refractivity contribution in [2.24, 2.45) is 25.9 Å². The van der Waals surface area contributed by atoms with Gasteiger partial charge in [-0.05, 0) is 112 Å². The summed E-state index contributed by atoms with van der Waals surface area (Å²) in [6.07, 6.45) is 9.58. The predicted octanol–water partition coefficient (Wildman–Crippen LogP) is 6.48.